The minimum atomic E-state index is 0.0643. The summed E-state index contributed by atoms with van der Waals surface area (Å²) in [5.41, 5.74) is 2.05. The number of piperidine rings is 1. The molecule has 1 saturated heterocycles. The van der Waals surface area contributed by atoms with E-state index in [0.717, 1.165) is 23.9 Å². The van der Waals surface area contributed by atoms with Crippen molar-refractivity contribution in [3.05, 3.63) is 28.5 Å². The molecule has 23 heavy (non-hydrogen) atoms. The van der Waals surface area contributed by atoms with Gasteiger partial charge in [-0.15, -0.1) is 0 Å². The van der Waals surface area contributed by atoms with E-state index in [9.17, 15) is 4.79 Å². The molecule has 1 aliphatic heterocycles. The van der Waals surface area contributed by atoms with E-state index in [1.807, 2.05) is 11.8 Å². The first-order chi connectivity index (χ1) is 11.0. The average Bonchev–Trinajstić information content (AvgIpc) is 3.17. The lowest BCUT2D eigenvalue weighted by molar-refractivity contribution is 0.0695. The Morgan fingerprint density at radius 1 is 1.39 bits per heavy atom. The summed E-state index contributed by atoms with van der Waals surface area (Å²) >= 11 is 6.09. The lowest BCUT2D eigenvalue weighted by atomic mass is 10.0. The molecule has 122 valence electrons. The number of methoxy groups -OCH3 is 1. The molecule has 0 spiro atoms. The Bertz CT molecular complexity index is 797. The average molecular weight is 334 g/mol. The van der Waals surface area contributed by atoms with Crippen LogP contribution < -0.4 is 4.74 Å². The highest BCUT2D eigenvalue weighted by molar-refractivity contribution is 6.31. The lowest BCUT2D eigenvalue weighted by Gasteiger charge is -2.27. The molecule has 0 radical (unpaired) electrons. The van der Waals surface area contributed by atoms with Crippen LogP contribution in [0, 0.1) is 18.8 Å². The first kappa shape index (κ1) is 14.9. The summed E-state index contributed by atoms with van der Waals surface area (Å²) in [6.07, 6.45) is 2.35. The molecule has 1 aliphatic carbocycles. The predicted molar refractivity (Wildman–Crippen MR) is 89.2 cm³/mol. The van der Waals surface area contributed by atoms with Gasteiger partial charge < -0.3 is 14.1 Å². The first-order valence-electron chi connectivity index (χ1n) is 8.09. The summed E-state index contributed by atoms with van der Waals surface area (Å²) in [7, 11) is 1.60. The zero-order chi connectivity index (χ0) is 16.3. The molecule has 1 aromatic carbocycles. The van der Waals surface area contributed by atoms with E-state index in [1.54, 1.807) is 19.2 Å². The number of halogens is 1. The van der Waals surface area contributed by atoms with Crippen molar-refractivity contribution in [2.45, 2.75) is 32.7 Å². The standard InChI is InChI=1S/C18H20ClNO3/c1-9-11-4-5-13(9)20(8-11)18(21)12-6-14(22-3)16-10(2)17(19)23-15(16)7-12/h6-7,9,11,13H,4-5,8H2,1-3H3. The number of carbonyl (C=O) groups is 1. The van der Waals surface area contributed by atoms with Crippen LogP contribution in [0.2, 0.25) is 5.22 Å². The number of carbonyl (C=O) groups excluding carboxylic acids is 1. The van der Waals surface area contributed by atoms with Gasteiger partial charge in [0, 0.05) is 23.7 Å². The Morgan fingerprint density at radius 3 is 2.78 bits per heavy atom. The topological polar surface area (TPSA) is 42.7 Å². The van der Waals surface area contributed by atoms with Crippen LogP contribution in [0.3, 0.4) is 0 Å². The van der Waals surface area contributed by atoms with E-state index >= 15 is 0 Å². The maximum Gasteiger partial charge on any atom is 0.254 e. The zero-order valence-corrected chi connectivity index (χ0v) is 14.3. The molecule has 1 saturated carbocycles. The molecule has 2 heterocycles. The molecule has 1 aromatic heterocycles. The van der Waals surface area contributed by atoms with Gasteiger partial charge in [-0.25, -0.2) is 0 Å². The Hall–Kier alpha value is -1.68. The maximum atomic E-state index is 13.0. The molecule has 2 aliphatic rings. The van der Waals surface area contributed by atoms with E-state index < -0.39 is 0 Å². The van der Waals surface area contributed by atoms with E-state index in [2.05, 4.69) is 6.92 Å². The van der Waals surface area contributed by atoms with E-state index in [1.165, 1.54) is 6.42 Å². The van der Waals surface area contributed by atoms with Gasteiger partial charge >= 0.3 is 0 Å². The molecule has 3 atom stereocenters. The number of hydrogen-bond donors (Lipinski definition) is 0. The summed E-state index contributed by atoms with van der Waals surface area (Å²) in [5.74, 6) is 1.95. The van der Waals surface area contributed by atoms with Gasteiger partial charge in [-0.3, -0.25) is 4.79 Å². The molecule has 2 bridgehead atoms. The van der Waals surface area contributed by atoms with Crippen molar-refractivity contribution in [3.8, 4) is 5.75 Å². The van der Waals surface area contributed by atoms with Gasteiger partial charge in [0.1, 0.15) is 11.3 Å². The van der Waals surface area contributed by atoms with Gasteiger partial charge in [0.25, 0.3) is 5.91 Å². The van der Waals surface area contributed by atoms with Gasteiger partial charge in [-0.05, 0) is 55.3 Å². The Morgan fingerprint density at radius 2 is 2.17 bits per heavy atom. The van der Waals surface area contributed by atoms with Crippen molar-refractivity contribution in [1.29, 1.82) is 0 Å². The lowest BCUT2D eigenvalue weighted by Crippen LogP contribution is -2.38. The normalized spacial score (nSPS) is 26.3. The van der Waals surface area contributed by atoms with Gasteiger partial charge in [0.2, 0.25) is 0 Å². The van der Waals surface area contributed by atoms with Gasteiger partial charge in [-0.2, -0.15) is 0 Å². The van der Waals surface area contributed by atoms with Gasteiger partial charge in [0.05, 0.1) is 12.5 Å². The fraction of sp³-hybridized carbons (Fsp3) is 0.500. The number of amides is 1. The van der Waals surface area contributed by atoms with Crippen LogP contribution in [-0.2, 0) is 0 Å². The van der Waals surface area contributed by atoms with E-state index in [4.69, 9.17) is 20.8 Å². The number of rotatable bonds is 2. The summed E-state index contributed by atoms with van der Waals surface area (Å²) in [4.78, 5) is 15.0. The van der Waals surface area contributed by atoms with Crippen molar-refractivity contribution in [3.63, 3.8) is 0 Å². The number of ether oxygens (including phenoxy) is 1. The number of nitrogens with zero attached hydrogens (tertiary/aromatic N) is 1. The highest BCUT2D eigenvalue weighted by Gasteiger charge is 2.46. The third kappa shape index (κ3) is 2.08. The highest BCUT2D eigenvalue weighted by Crippen LogP contribution is 2.43. The molecule has 5 heteroatoms. The second-order valence-corrected chi connectivity index (χ2v) is 7.12. The minimum absolute atomic E-state index is 0.0643. The molecule has 3 unspecified atom stereocenters. The SMILES string of the molecule is COc1cc(C(=O)N2CC3CCC2C3C)cc2oc(Cl)c(C)c12. The van der Waals surface area contributed by atoms with Crippen LogP contribution in [0.15, 0.2) is 16.5 Å². The third-order valence-electron chi connectivity index (χ3n) is 5.68. The molecular formula is C18H20ClNO3. The number of benzene rings is 1. The smallest absolute Gasteiger partial charge is 0.254 e. The van der Waals surface area contributed by atoms with Crippen LogP contribution in [0.25, 0.3) is 11.0 Å². The second-order valence-electron chi connectivity index (χ2n) is 6.77. The first-order valence-corrected chi connectivity index (χ1v) is 8.46. The van der Waals surface area contributed by atoms with Crippen molar-refractivity contribution in [2.24, 2.45) is 11.8 Å². The fourth-order valence-electron chi connectivity index (χ4n) is 4.31. The van der Waals surface area contributed by atoms with Crippen LogP contribution >= 0.6 is 11.6 Å². The van der Waals surface area contributed by atoms with Crippen molar-refractivity contribution >= 4 is 28.5 Å². The monoisotopic (exact) mass is 333 g/mol. The van der Waals surface area contributed by atoms with Crippen LogP contribution in [0.5, 0.6) is 5.75 Å². The summed E-state index contributed by atoms with van der Waals surface area (Å²) < 4.78 is 11.1. The second kappa shape index (κ2) is 5.17. The minimum Gasteiger partial charge on any atom is -0.496 e. The molecule has 2 fully saturated rings. The van der Waals surface area contributed by atoms with Crippen LogP contribution in [0.1, 0.15) is 35.7 Å². The molecule has 4 rings (SSSR count). The predicted octanol–water partition coefficient (Wildman–Crippen LogP) is 4.27. The number of furan rings is 1. The third-order valence-corrected chi connectivity index (χ3v) is 6.04. The number of aryl methyl sites for hydroxylation is 1. The van der Waals surface area contributed by atoms with Crippen molar-refractivity contribution < 1.29 is 13.9 Å². The molecule has 2 aromatic rings. The van der Waals surface area contributed by atoms with E-state index in [-0.39, 0.29) is 5.91 Å². The molecule has 1 amide bonds. The Kier molecular flexibility index (Phi) is 3.34. The fourth-order valence-corrected chi connectivity index (χ4v) is 4.48. The van der Waals surface area contributed by atoms with E-state index in [0.29, 0.717) is 40.0 Å². The van der Waals surface area contributed by atoms with Crippen LogP contribution in [0.4, 0.5) is 0 Å². The van der Waals surface area contributed by atoms with Crippen molar-refractivity contribution in [2.75, 3.05) is 13.7 Å². The largest absolute Gasteiger partial charge is 0.496 e. The molecule has 4 nitrogen and oxygen atoms in total. The Balaban J connectivity index is 1.76. The quantitative estimate of drug-likeness (QED) is 0.824. The number of likely N-dealkylation sites (tertiary alicyclic amines) is 1. The summed E-state index contributed by atoms with van der Waals surface area (Å²) in [6, 6.07) is 3.96. The summed E-state index contributed by atoms with van der Waals surface area (Å²) in [5, 5.41) is 1.18. The number of fused-ring (bicyclic) bond motifs is 3. The van der Waals surface area contributed by atoms with Crippen LogP contribution in [-0.4, -0.2) is 30.5 Å². The number of hydrogen-bond acceptors (Lipinski definition) is 3. The summed E-state index contributed by atoms with van der Waals surface area (Å²) in [6.45, 7) is 5.01. The molecular weight excluding hydrogens is 314 g/mol. The van der Waals surface area contributed by atoms with Gasteiger partial charge in [-0.1, -0.05) is 6.92 Å². The Labute approximate surface area is 140 Å². The van der Waals surface area contributed by atoms with Gasteiger partial charge in [0.15, 0.2) is 5.22 Å². The molecule has 0 N–H and O–H groups in total. The van der Waals surface area contributed by atoms with Crippen molar-refractivity contribution in [1.82, 2.24) is 4.90 Å². The highest BCUT2D eigenvalue weighted by atomic mass is 35.5. The maximum absolute atomic E-state index is 13.0. The zero-order valence-electron chi connectivity index (χ0n) is 13.6.